The van der Waals surface area contributed by atoms with Gasteiger partial charge in [-0.05, 0) is 31.1 Å². The summed E-state index contributed by atoms with van der Waals surface area (Å²) in [6.45, 7) is 5.17. The summed E-state index contributed by atoms with van der Waals surface area (Å²) in [6, 6.07) is 0. The highest BCUT2D eigenvalue weighted by atomic mass is 16.5. The smallest absolute Gasteiger partial charge is 0.305 e. The first-order chi connectivity index (χ1) is 8.22. The molecule has 2 heteroatoms. The van der Waals surface area contributed by atoms with Gasteiger partial charge in [-0.2, -0.15) is 0 Å². The van der Waals surface area contributed by atoms with E-state index in [2.05, 4.69) is 13.8 Å². The summed E-state index contributed by atoms with van der Waals surface area (Å²) < 4.78 is 5.12. The maximum atomic E-state index is 11.4. The van der Waals surface area contributed by atoms with Crippen LogP contribution in [0.25, 0.3) is 0 Å². The lowest BCUT2D eigenvalue weighted by atomic mass is 9.72. The lowest BCUT2D eigenvalue weighted by Gasteiger charge is -2.34. The number of unbranched alkanes of at least 4 members (excludes halogenated alkanes) is 3. The van der Waals surface area contributed by atoms with Crippen molar-refractivity contribution in [1.29, 1.82) is 0 Å². The van der Waals surface area contributed by atoms with Gasteiger partial charge in [-0.15, -0.1) is 0 Å². The molecular weight excluding hydrogens is 212 g/mol. The molecule has 0 N–H and O–H groups in total. The van der Waals surface area contributed by atoms with Gasteiger partial charge in [0.05, 0.1) is 6.61 Å². The second-order valence-corrected chi connectivity index (χ2v) is 5.49. The molecule has 17 heavy (non-hydrogen) atoms. The first-order valence-corrected chi connectivity index (χ1v) is 7.38. The molecule has 0 amide bonds. The fourth-order valence-corrected chi connectivity index (χ4v) is 2.90. The molecule has 0 saturated carbocycles. The number of hydrogen-bond acceptors (Lipinski definition) is 2. The molecule has 1 aliphatic heterocycles. The van der Waals surface area contributed by atoms with Gasteiger partial charge in [0.2, 0.25) is 0 Å². The molecule has 2 nitrogen and oxygen atoms in total. The number of carbonyl (C=O) groups excluding carboxylic acids is 1. The van der Waals surface area contributed by atoms with Crippen molar-refractivity contribution in [3.63, 3.8) is 0 Å². The average molecular weight is 240 g/mol. The quantitative estimate of drug-likeness (QED) is 0.506. The Bertz CT molecular complexity index is 225. The summed E-state index contributed by atoms with van der Waals surface area (Å²) >= 11 is 0. The van der Waals surface area contributed by atoms with Crippen molar-refractivity contribution in [3.8, 4) is 0 Å². The van der Waals surface area contributed by atoms with Crippen LogP contribution in [0.15, 0.2) is 0 Å². The fourth-order valence-electron chi connectivity index (χ4n) is 2.90. The average Bonchev–Trinajstić information content (AvgIpc) is 2.33. The fraction of sp³-hybridized carbons (Fsp3) is 0.933. The summed E-state index contributed by atoms with van der Waals surface area (Å²) in [5.41, 5.74) is 0.424. The highest BCUT2D eigenvalue weighted by Crippen LogP contribution is 2.40. The Hall–Kier alpha value is -0.530. The van der Waals surface area contributed by atoms with Crippen LogP contribution in [-0.4, -0.2) is 12.6 Å². The third kappa shape index (κ3) is 5.10. The summed E-state index contributed by atoms with van der Waals surface area (Å²) in [6.07, 6.45) is 11.8. The zero-order valence-corrected chi connectivity index (χ0v) is 11.6. The highest BCUT2D eigenvalue weighted by Gasteiger charge is 2.29. The minimum atomic E-state index is 0.0103. The third-order valence-corrected chi connectivity index (χ3v) is 4.28. The van der Waals surface area contributed by atoms with Crippen LogP contribution in [0.1, 0.15) is 78.1 Å². The van der Waals surface area contributed by atoms with Crippen LogP contribution in [0.5, 0.6) is 0 Å². The van der Waals surface area contributed by atoms with Gasteiger partial charge in [-0.25, -0.2) is 0 Å². The Morgan fingerprint density at radius 3 is 2.71 bits per heavy atom. The number of cyclic esters (lactones) is 1. The van der Waals surface area contributed by atoms with E-state index in [1.54, 1.807) is 0 Å². The van der Waals surface area contributed by atoms with Crippen molar-refractivity contribution < 1.29 is 9.53 Å². The summed E-state index contributed by atoms with van der Waals surface area (Å²) in [5.74, 6) is 0.0103. The minimum Gasteiger partial charge on any atom is -0.466 e. The molecule has 0 radical (unpaired) electrons. The molecule has 0 spiro atoms. The molecule has 0 aromatic rings. The molecule has 0 unspecified atom stereocenters. The molecule has 1 saturated heterocycles. The molecule has 1 atom stereocenters. The maximum absolute atomic E-state index is 11.4. The van der Waals surface area contributed by atoms with Crippen LogP contribution in [0.2, 0.25) is 0 Å². The molecule has 1 heterocycles. The predicted molar refractivity (Wildman–Crippen MR) is 70.9 cm³/mol. The van der Waals surface area contributed by atoms with Crippen LogP contribution in [0.3, 0.4) is 0 Å². The Kier molecular flexibility index (Phi) is 6.61. The Morgan fingerprint density at radius 2 is 2.00 bits per heavy atom. The Morgan fingerprint density at radius 1 is 1.18 bits per heavy atom. The van der Waals surface area contributed by atoms with E-state index in [0.717, 1.165) is 12.8 Å². The van der Waals surface area contributed by atoms with E-state index in [-0.39, 0.29) is 5.97 Å². The van der Waals surface area contributed by atoms with Crippen molar-refractivity contribution in [2.75, 3.05) is 6.61 Å². The van der Waals surface area contributed by atoms with Crippen molar-refractivity contribution in [1.82, 2.24) is 0 Å². The van der Waals surface area contributed by atoms with Crippen LogP contribution < -0.4 is 0 Å². The Labute approximate surface area is 106 Å². The van der Waals surface area contributed by atoms with E-state index >= 15 is 0 Å². The van der Waals surface area contributed by atoms with Gasteiger partial charge in [0, 0.05) is 6.42 Å². The molecule has 1 aliphatic rings. The topological polar surface area (TPSA) is 26.3 Å². The van der Waals surface area contributed by atoms with E-state index in [9.17, 15) is 4.79 Å². The molecular formula is C15H28O2. The van der Waals surface area contributed by atoms with Crippen LogP contribution in [0.4, 0.5) is 0 Å². The second-order valence-electron chi connectivity index (χ2n) is 5.49. The number of rotatable bonds is 6. The summed E-state index contributed by atoms with van der Waals surface area (Å²) in [5, 5.41) is 0. The van der Waals surface area contributed by atoms with Crippen molar-refractivity contribution in [2.24, 2.45) is 5.41 Å². The van der Waals surface area contributed by atoms with Crippen molar-refractivity contribution in [3.05, 3.63) is 0 Å². The molecule has 100 valence electrons. The summed E-state index contributed by atoms with van der Waals surface area (Å²) in [7, 11) is 0. The predicted octanol–water partition coefficient (Wildman–Crippen LogP) is 4.47. The van der Waals surface area contributed by atoms with Crippen molar-refractivity contribution in [2.45, 2.75) is 78.1 Å². The SMILES string of the molecule is CCCCCC[C@@]1(CC)CCCOC(=O)CC1. The first kappa shape index (κ1) is 14.5. The largest absolute Gasteiger partial charge is 0.466 e. The monoisotopic (exact) mass is 240 g/mol. The molecule has 0 bridgehead atoms. The molecule has 0 aromatic carbocycles. The van der Waals surface area contributed by atoms with E-state index < -0.39 is 0 Å². The lowest BCUT2D eigenvalue weighted by Crippen LogP contribution is -2.25. The van der Waals surface area contributed by atoms with Crippen LogP contribution in [0, 0.1) is 5.41 Å². The molecule has 1 fully saturated rings. The number of esters is 1. The standard InChI is InChI=1S/C15H28O2/c1-3-5-6-7-10-15(4-2)11-8-13-17-14(16)9-12-15/h3-13H2,1-2H3/t15-/m0/s1. The van der Waals surface area contributed by atoms with Crippen molar-refractivity contribution >= 4 is 5.97 Å². The maximum Gasteiger partial charge on any atom is 0.305 e. The van der Waals surface area contributed by atoms with Gasteiger partial charge in [0.1, 0.15) is 0 Å². The molecule has 0 aromatic heterocycles. The van der Waals surface area contributed by atoms with E-state index in [4.69, 9.17) is 4.74 Å². The summed E-state index contributed by atoms with van der Waals surface area (Å²) in [4.78, 5) is 11.4. The Balaban J connectivity index is 2.42. The minimum absolute atomic E-state index is 0.0103. The zero-order valence-electron chi connectivity index (χ0n) is 11.6. The van der Waals surface area contributed by atoms with E-state index in [0.29, 0.717) is 18.4 Å². The number of ether oxygens (including phenoxy) is 1. The van der Waals surface area contributed by atoms with Gasteiger partial charge in [0.15, 0.2) is 0 Å². The normalized spacial score (nSPS) is 26.1. The third-order valence-electron chi connectivity index (χ3n) is 4.28. The van der Waals surface area contributed by atoms with E-state index in [1.807, 2.05) is 0 Å². The molecule has 1 rings (SSSR count). The van der Waals surface area contributed by atoms with Gasteiger partial charge >= 0.3 is 5.97 Å². The van der Waals surface area contributed by atoms with Gasteiger partial charge < -0.3 is 4.74 Å². The van der Waals surface area contributed by atoms with Gasteiger partial charge in [0.25, 0.3) is 0 Å². The number of carbonyl (C=O) groups is 1. The van der Waals surface area contributed by atoms with Gasteiger partial charge in [-0.1, -0.05) is 46.0 Å². The lowest BCUT2D eigenvalue weighted by molar-refractivity contribution is -0.146. The first-order valence-electron chi connectivity index (χ1n) is 7.38. The zero-order chi connectivity index (χ0) is 12.6. The highest BCUT2D eigenvalue weighted by molar-refractivity contribution is 5.69. The van der Waals surface area contributed by atoms with Crippen LogP contribution in [-0.2, 0) is 9.53 Å². The van der Waals surface area contributed by atoms with E-state index in [1.165, 1.54) is 44.9 Å². The number of hydrogen-bond donors (Lipinski definition) is 0. The van der Waals surface area contributed by atoms with Gasteiger partial charge in [-0.3, -0.25) is 4.79 Å². The second kappa shape index (κ2) is 7.73. The molecule has 0 aliphatic carbocycles. The van der Waals surface area contributed by atoms with Crippen LogP contribution >= 0.6 is 0 Å².